The van der Waals surface area contributed by atoms with Crippen molar-refractivity contribution in [3.63, 3.8) is 0 Å². The molecule has 92 valence electrons. The van der Waals surface area contributed by atoms with Crippen molar-refractivity contribution in [1.82, 2.24) is 0 Å². The second-order valence-electron chi connectivity index (χ2n) is 2.61. The lowest BCUT2D eigenvalue weighted by molar-refractivity contribution is 1.10. The van der Waals surface area contributed by atoms with Crippen LogP contribution in [0.1, 0.15) is 61.8 Å². The van der Waals surface area contributed by atoms with E-state index in [9.17, 15) is 0 Å². The average molecular weight is 212 g/mol. The van der Waals surface area contributed by atoms with Crippen LogP contribution in [0.15, 0.2) is 36.5 Å². The van der Waals surface area contributed by atoms with Crippen LogP contribution in [0.2, 0.25) is 0 Å². The van der Waals surface area contributed by atoms with Crippen LogP contribution < -0.4 is 0 Å². The summed E-state index contributed by atoms with van der Waals surface area (Å²) in [6.45, 7) is 22.5. The molecule has 0 aliphatic carbocycles. The van der Waals surface area contributed by atoms with Crippen molar-refractivity contribution in [1.29, 1.82) is 0 Å². The van der Waals surface area contributed by atoms with E-state index in [-0.39, 0.29) is 0 Å². The molecule has 0 atom stereocenters. The van der Waals surface area contributed by atoms with Gasteiger partial charge in [0.1, 0.15) is 0 Å². The van der Waals surface area contributed by atoms with Crippen molar-refractivity contribution in [3.8, 4) is 0 Å². The first kappa shape index (κ1) is 23.8. The lowest BCUT2D eigenvalue weighted by atomic mass is 10.2. The molecule has 0 fully saturated rings. The normalized spacial score (nSPS) is 7.87. The molecule has 0 aromatic carbocycles. The first-order valence-corrected chi connectivity index (χ1v) is 5.97. The summed E-state index contributed by atoms with van der Waals surface area (Å²) in [5, 5.41) is 0. The zero-order valence-electron chi connectivity index (χ0n) is 12.3. The molecular weight excluding hydrogens is 180 g/mol. The summed E-state index contributed by atoms with van der Waals surface area (Å²) in [4.78, 5) is 0. The topological polar surface area (TPSA) is 0 Å². The molecule has 0 nitrogen and oxygen atoms in total. The highest BCUT2D eigenvalue weighted by Gasteiger charge is 1.78. The molecule has 0 radical (unpaired) electrons. The highest BCUT2D eigenvalue weighted by Crippen LogP contribution is 1.99. The molecule has 0 saturated heterocycles. The molecule has 0 rings (SSSR count). The molecule has 0 N–H and O–H groups in total. The van der Waals surface area contributed by atoms with Gasteiger partial charge in [0.15, 0.2) is 0 Å². The summed E-state index contributed by atoms with van der Waals surface area (Å²) in [5.41, 5.74) is 2.80. The Bertz CT molecular complexity index is 134. The van der Waals surface area contributed by atoms with E-state index < -0.39 is 0 Å². The summed E-state index contributed by atoms with van der Waals surface area (Å²) in [5.74, 6) is 0. The smallest absolute Gasteiger partial charge is 0.0349 e. The van der Waals surface area contributed by atoms with Gasteiger partial charge in [0.2, 0.25) is 0 Å². The zero-order chi connectivity index (χ0) is 13.3. The van der Waals surface area contributed by atoms with E-state index in [1.807, 2.05) is 27.7 Å². The van der Waals surface area contributed by atoms with Gasteiger partial charge in [-0.1, -0.05) is 57.9 Å². The standard InChI is InChI=1S/C9H16.2C2H6.C2H4/c1-5-9(4)7-6-8(2)3;3*1-2/h6-7H,5H2,1-4H3;2*1-2H3;1-2H2/b9-7-;;;. The lowest BCUT2D eigenvalue weighted by Crippen LogP contribution is -1.68. The van der Waals surface area contributed by atoms with E-state index in [4.69, 9.17) is 0 Å². The maximum absolute atomic E-state index is 3.00. The minimum Gasteiger partial charge on any atom is -0.106 e. The van der Waals surface area contributed by atoms with Crippen molar-refractivity contribution >= 4 is 0 Å². The van der Waals surface area contributed by atoms with Crippen LogP contribution in [0.5, 0.6) is 0 Å². The van der Waals surface area contributed by atoms with E-state index in [1.54, 1.807) is 0 Å². The van der Waals surface area contributed by atoms with Crippen molar-refractivity contribution in [2.45, 2.75) is 61.8 Å². The molecule has 0 aromatic rings. The predicted molar refractivity (Wildman–Crippen MR) is 77.4 cm³/mol. The van der Waals surface area contributed by atoms with Gasteiger partial charge >= 0.3 is 0 Å². The quantitative estimate of drug-likeness (QED) is 0.379. The average Bonchev–Trinajstić information content (AvgIpc) is 2.33. The van der Waals surface area contributed by atoms with Gasteiger partial charge in [-0.25, -0.2) is 0 Å². The fourth-order valence-electron chi connectivity index (χ4n) is 0.427. The first-order chi connectivity index (χ1) is 7.16. The Morgan fingerprint density at radius 3 is 1.40 bits per heavy atom. The Morgan fingerprint density at radius 2 is 1.20 bits per heavy atom. The number of hydrogen-bond donors (Lipinski definition) is 0. The van der Waals surface area contributed by atoms with Gasteiger partial charge in [-0.2, -0.15) is 0 Å². The molecular formula is C15H32. The second kappa shape index (κ2) is 29.2. The lowest BCUT2D eigenvalue weighted by Gasteiger charge is -1.89. The van der Waals surface area contributed by atoms with Gasteiger partial charge in [0.05, 0.1) is 0 Å². The summed E-state index contributed by atoms with van der Waals surface area (Å²) in [6.07, 6.45) is 5.48. The molecule has 0 amide bonds. The van der Waals surface area contributed by atoms with Crippen LogP contribution >= 0.6 is 0 Å². The van der Waals surface area contributed by atoms with Crippen molar-refractivity contribution in [2.75, 3.05) is 0 Å². The molecule has 0 heteroatoms. The van der Waals surface area contributed by atoms with E-state index in [0.717, 1.165) is 6.42 Å². The van der Waals surface area contributed by atoms with Crippen molar-refractivity contribution in [2.24, 2.45) is 0 Å². The third-order valence-electron chi connectivity index (χ3n) is 1.26. The molecule has 0 heterocycles. The van der Waals surface area contributed by atoms with Crippen LogP contribution in [0.4, 0.5) is 0 Å². The third kappa shape index (κ3) is 43.0. The Morgan fingerprint density at radius 1 is 0.867 bits per heavy atom. The Kier molecular flexibility index (Phi) is 46.3. The zero-order valence-corrected chi connectivity index (χ0v) is 12.3. The minimum atomic E-state index is 1.16. The van der Waals surface area contributed by atoms with E-state index in [1.165, 1.54) is 11.1 Å². The van der Waals surface area contributed by atoms with Crippen LogP contribution in [0.3, 0.4) is 0 Å². The van der Waals surface area contributed by atoms with Gasteiger partial charge in [-0.15, -0.1) is 13.2 Å². The summed E-state index contributed by atoms with van der Waals surface area (Å²) in [6, 6.07) is 0. The van der Waals surface area contributed by atoms with Crippen molar-refractivity contribution < 1.29 is 0 Å². The largest absolute Gasteiger partial charge is 0.106 e. The molecule has 0 saturated carbocycles. The Balaban J connectivity index is -0.0000000860. The molecule has 0 bridgehead atoms. The minimum absolute atomic E-state index is 1.16. The van der Waals surface area contributed by atoms with Gasteiger partial charge in [0, 0.05) is 0 Å². The SMILES string of the molecule is C=C.CC.CC.CC/C(C)=C\C=C(C)C. The van der Waals surface area contributed by atoms with Gasteiger partial charge in [-0.3, -0.25) is 0 Å². The summed E-state index contributed by atoms with van der Waals surface area (Å²) in [7, 11) is 0. The molecule has 0 aromatic heterocycles. The monoisotopic (exact) mass is 212 g/mol. The maximum Gasteiger partial charge on any atom is -0.0349 e. The highest BCUT2D eigenvalue weighted by molar-refractivity contribution is 5.13. The van der Waals surface area contributed by atoms with Crippen LogP contribution in [-0.2, 0) is 0 Å². The second-order valence-corrected chi connectivity index (χ2v) is 2.61. The molecule has 0 unspecified atom stereocenters. The van der Waals surface area contributed by atoms with Gasteiger partial charge < -0.3 is 0 Å². The molecule has 0 spiro atoms. The molecule has 0 aliphatic heterocycles. The van der Waals surface area contributed by atoms with E-state index in [0.29, 0.717) is 0 Å². The van der Waals surface area contributed by atoms with Gasteiger partial charge in [0.25, 0.3) is 0 Å². The highest BCUT2D eigenvalue weighted by atomic mass is 13.9. The fraction of sp³-hybridized carbons (Fsp3) is 0.600. The van der Waals surface area contributed by atoms with Crippen molar-refractivity contribution in [3.05, 3.63) is 36.5 Å². The third-order valence-corrected chi connectivity index (χ3v) is 1.26. The number of rotatable bonds is 2. The Labute approximate surface area is 98.8 Å². The summed E-state index contributed by atoms with van der Waals surface area (Å²) >= 11 is 0. The number of allylic oxidation sites excluding steroid dienone is 4. The van der Waals surface area contributed by atoms with Gasteiger partial charge in [-0.05, 0) is 27.2 Å². The summed E-state index contributed by atoms with van der Waals surface area (Å²) < 4.78 is 0. The number of hydrogen-bond acceptors (Lipinski definition) is 0. The first-order valence-electron chi connectivity index (χ1n) is 5.97. The predicted octanol–water partition coefficient (Wildman–Crippen LogP) is 6.16. The maximum atomic E-state index is 3.00. The van der Waals surface area contributed by atoms with E-state index in [2.05, 4.69) is 53.0 Å². The Hall–Kier alpha value is -0.780. The van der Waals surface area contributed by atoms with E-state index >= 15 is 0 Å². The fourth-order valence-corrected chi connectivity index (χ4v) is 0.427. The molecule has 15 heavy (non-hydrogen) atoms. The van der Waals surface area contributed by atoms with Crippen LogP contribution in [0, 0.1) is 0 Å². The van der Waals surface area contributed by atoms with Crippen LogP contribution in [0.25, 0.3) is 0 Å². The molecule has 0 aliphatic rings. The van der Waals surface area contributed by atoms with Crippen LogP contribution in [-0.4, -0.2) is 0 Å².